The summed E-state index contributed by atoms with van der Waals surface area (Å²) in [6.45, 7) is 2.05. The minimum atomic E-state index is 0.421. The summed E-state index contributed by atoms with van der Waals surface area (Å²) in [7, 11) is 0. The third kappa shape index (κ3) is 0.328. The molecule has 0 aliphatic heterocycles. The Hall–Kier alpha value is -0.700. The monoisotopic (exact) mass is 78.0 g/mol. The number of allylic oxidation sites excluding steroid dienone is 2. The van der Waals surface area contributed by atoms with Gasteiger partial charge in [-0.25, -0.2) is 0 Å². The van der Waals surface area contributed by atoms with Gasteiger partial charge in [0.15, 0.2) is 0 Å². The molecule has 1 rings (SSSR count). The zero-order valence-electron chi connectivity index (χ0n) is 3.73. The molecule has 30 valence electrons. The van der Waals surface area contributed by atoms with E-state index in [9.17, 15) is 0 Å². The van der Waals surface area contributed by atoms with Gasteiger partial charge < -0.3 is 0 Å². The second kappa shape index (κ2) is 0.879. The van der Waals surface area contributed by atoms with Crippen LogP contribution in [0.1, 0.15) is 6.92 Å². The van der Waals surface area contributed by atoms with Crippen LogP contribution in [-0.2, 0) is 0 Å². The normalized spacial score (nSPS) is 28.0. The fourth-order valence-electron chi connectivity index (χ4n) is 0.394. The van der Waals surface area contributed by atoms with Crippen LogP contribution in [0.15, 0.2) is 11.6 Å². The second-order valence-electron chi connectivity index (χ2n) is 1.56. The molecule has 0 fully saturated rings. The first-order valence-corrected chi connectivity index (χ1v) is 1.99. The zero-order valence-corrected chi connectivity index (χ0v) is 3.73. The van der Waals surface area contributed by atoms with E-state index < -0.39 is 0 Å². The highest BCUT2D eigenvalue weighted by atomic mass is 14.2. The van der Waals surface area contributed by atoms with Crippen molar-refractivity contribution in [3.63, 3.8) is 0 Å². The van der Waals surface area contributed by atoms with Crippen LogP contribution in [0.5, 0.6) is 0 Å². The minimum absolute atomic E-state index is 0.421. The van der Waals surface area contributed by atoms with Crippen LogP contribution in [0.4, 0.5) is 0 Å². The molecule has 0 N–H and O–H groups in total. The van der Waals surface area contributed by atoms with E-state index in [4.69, 9.17) is 6.42 Å². The minimum Gasteiger partial charge on any atom is -0.119 e. The maximum absolute atomic E-state index is 5.02. The molecule has 0 radical (unpaired) electrons. The smallest absolute Gasteiger partial charge is 0.0591 e. The molecular formula is C6H6. The van der Waals surface area contributed by atoms with E-state index in [-0.39, 0.29) is 0 Å². The lowest BCUT2D eigenvalue weighted by molar-refractivity contribution is 1.23. The SMILES string of the molecule is C#CC1C=C1C. The van der Waals surface area contributed by atoms with Gasteiger partial charge in [0.2, 0.25) is 0 Å². The molecular weight excluding hydrogens is 72.1 g/mol. The summed E-state index contributed by atoms with van der Waals surface area (Å²) in [4.78, 5) is 0. The topological polar surface area (TPSA) is 0 Å². The standard InChI is InChI=1S/C6H6/c1-3-6-4-5(6)2/h1,4,6H,2H3. The summed E-state index contributed by atoms with van der Waals surface area (Å²) in [5.74, 6) is 3.02. The number of hydrogen-bond donors (Lipinski definition) is 0. The molecule has 0 saturated carbocycles. The van der Waals surface area contributed by atoms with E-state index >= 15 is 0 Å². The lowest BCUT2D eigenvalue weighted by Crippen LogP contribution is -1.64. The van der Waals surface area contributed by atoms with Gasteiger partial charge in [0.25, 0.3) is 0 Å². The molecule has 0 amide bonds. The molecule has 0 nitrogen and oxygen atoms in total. The molecule has 0 bridgehead atoms. The Balaban J connectivity index is 2.42. The summed E-state index contributed by atoms with van der Waals surface area (Å²) < 4.78 is 0. The van der Waals surface area contributed by atoms with Crippen LogP contribution in [0.3, 0.4) is 0 Å². The maximum atomic E-state index is 5.02. The van der Waals surface area contributed by atoms with Gasteiger partial charge in [-0.1, -0.05) is 17.6 Å². The predicted molar refractivity (Wildman–Crippen MR) is 26.1 cm³/mol. The fraction of sp³-hybridized carbons (Fsp3) is 0.333. The number of hydrogen-bond acceptors (Lipinski definition) is 0. The Kier molecular flexibility index (Phi) is 0.511. The van der Waals surface area contributed by atoms with Gasteiger partial charge in [-0.15, -0.1) is 6.42 Å². The van der Waals surface area contributed by atoms with Crippen LogP contribution < -0.4 is 0 Å². The van der Waals surface area contributed by atoms with Crippen LogP contribution in [-0.4, -0.2) is 0 Å². The first-order valence-electron chi connectivity index (χ1n) is 1.99. The van der Waals surface area contributed by atoms with Crippen molar-refractivity contribution < 1.29 is 0 Å². The van der Waals surface area contributed by atoms with Gasteiger partial charge >= 0.3 is 0 Å². The van der Waals surface area contributed by atoms with Crippen molar-refractivity contribution in [3.05, 3.63) is 11.6 Å². The average molecular weight is 78.1 g/mol. The van der Waals surface area contributed by atoms with Crippen molar-refractivity contribution in [2.45, 2.75) is 6.92 Å². The predicted octanol–water partition coefficient (Wildman–Crippen LogP) is 1.20. The molecule has 1 unspecified atom stereocenters. The lowest BCUT2D eigenvalue weighted by atomic mass is 10.3. The highest BCUT2D eigenvalue weighted by Gasteiger charge is 2.14. The molecule has 1 aliphatic rings. The molecule has 0 spiro atoms. The van der Waals surface area contributed by atoms with E-state index in [0.29, 0.717) is 5.92 Å². The quantitative estimate of drug-likeness (QED) is 0.301. The third-order valence-corrected chi connectivity index (χ3v) is 0.991. The Labute approximate surface area is 37.9 Å². The molecule has 1 atom stereocenters. The number of rotatable bonds is 0. The van der Waals surface area contributed by atoms with Crippen LogP contribution in [0, 0.1) is 18.3 Å². The Bertz CT molecular complexity index is 123. The fourth-order valence-corrected chi connectivity index (χ4v) is 0.394. The first-order chi connectivity index (χ1) is 2.84. The maximum Gasteiger partial charge on any atom is 0.0591 e. The summed E-state index contributed by atoms with van der Waals surface area (Å²) >= 11 is 0. The third-order valence-electron chi connectivity index (χ3n) is 0.991. The van der Waals surface area contributed by atoms with Gasteiger partial charge in [0.05, 0.1) is 5.92 Å². The summed E-state index contributed by atoms with van der Waals surface area (Å²) in [6.07, 6.45) is 7.09. The van der Waals surface area contributed by atoms with Crippen molar-refractivity contribution in [2.24, 2.45) is 5.92 Å². The molecule has 0 aromatic rings. The van der Waals surface area contributed by atoms with Crippen LogP contribution in [0.2, 0.25) is 0 Å². The zero-order chi connectivity index (χ0) is 4.57. The van der Waals surface area contributed by atoms with Crippen LogP contribution >= 0.6 is 0 Å². The largest absolute Gasteiger partial charge is 0.119 e. The van der Waals surface area contributed by atoms with E-state index in [1.54, 1.807) is 0 Å². The van der Waals surface area contributed by atoms with Crippen LogP contribution in [0.25, 0.3) is 0 Å². The van der Waals surface area contributed by atoms with Gasteiger partial charge in [0, 0.05) is 0 Å². The van der Waals surface area contributed by atoms with E-state index in [2.05, 4.69) is 12.0 Å². The lowest BCUT2D eigenvalue weighted by Gasteiger charge is -1.70. The van der Waals surface area contributed by atoms with Crippen molar-refractivity contribution in [1.82, 2.24) is 0 Å². The molecule has 0 aromatic heterocycles. The van der Waals surface area contributed by atoms with E-state index in [0.717, 1.165) is 0 Å². The number of terminal acetylenes is 1. The summed E-state index contributed by atoms with van der Waals surface area (Å²) in [5, 5.41) is 0. The van der Waals surface area contributed by atoms with Gasteiger partial charge in [-0.2, -0.15) is 0 Å². The molecule has 1 aliphatic carbocycles. The Morgan fingerprint density at radius 1 is 2.00 bits per heavy atom. The van der Waals surface area contributed by atoms with Crippen molar-refractivity contribution in [2.75, 3.05) is 0 Å². The van der Waals surface area contributed by atoms with Gasteiger partial charge in [0.1, 0.15) is 0 Å². The molecule has 6 heavy (non-hydrogen) atoms. The molecule has 0 heteroatoms. The summed E-state index contributed by atoms with van der Waals surface area (Å²) in [5.41, 5.74) is 1.34. The molecule has 0 saturated heterocycles. The van der Waals surface area contributed by atoms with Gasteiger partial charge in [-0.3, -0.25) is 0 Å². The first kappa shape index (κ1) is 3.49. The van der Waals surface area contributed by atoms with E-state index in [1.165, 1.54) is 5.57 Å². The Morgan fingerprint density at radius 3 is 2.50 bits per heavy atom. The van der Waals surface area contributed by atoms with Gasteiger partial charge in [-0.05, 0) is 6.92 Å². The average Bonchev–Trinajstić information content (AvgIpc) is 2.19. The van der Waals surface area contributed by atoms with Crippen molar-refractivity contribution in [3.8, 4) is 12.3 Å². The second-order valence-corrected chi connectivity index (χ2v) is 1.56. The highest BCUT2D eigenvalue weighted by molar-refractivity contribution is 5.36. The molecule has 0 aromatic carbocycles. The molecule has 0 heterocycles. The van der Waals surface area contributed by atoms with E-state index in [1.807, 2.05) is 6.92 Å². The highest BCUT2D eigenvalue weighted by Crippen LogP contribution is 2.25. The summed E-state index contributed by atoms with van der Waals surface area (Å²) in [6, 6.07) is 0. The van der Waals surface area contributed by atoms with Crippen molar-refractivity contribution >= 4 is 0 Å². The Morgan fingerprint density at radius 2 is 2.50 bits per heavy atom. The van der Waals surface area contributed by atoms with Crippen molar-refractivity contribution in [1.29, 1.82) is 0 Å².